The van der Waals surface area contributed by atoms with E-state index in [1.54, 1.807) is 0 Å². The molecule has 0 aromatic heterocycles. The SMILES string of the molecule is CCC(F)C(F)(F)C(F)(F)C(F)(F)C(O)(O)F. The van der Waals surface area contributed by atoms with Gasteiger partial charge in [-0.05, 0) is 6.42 Å². The smallest absolute Gasteiger partial charge is 0.335 e. The predicted octanol–water partition coefficient (Wildman–Crippen LogP) is 2.25. The summed E-state index contributed by atoms with van der Waals surface area (Å²) in [7, 11) is 0. The van der Waals surface area contributed by atoms with Crippen LogP contribution >= 0.6 is 0 Å². The number of rotatable bonds is 5. The first-order chi connectivity index (χ1) is 7.23. The largest absolute Gasteiger partial charge is 0.399 e. The molecular formula is C7H8F8O2. The standard InChI is InChI=1S/C7H8F8O2/c1-2-3(8)4(9,10)5(11,12)6(13,14)7(15,16)17/h3,16-17H,2H2,1H3. The highest BCUT2D eigenvalue weighted by molar-refractivity contribution is 5.02. The molecular weight excluding hydrogens is 268 g/mol. The van der Waals surface area contributed by atoms with Crippen LogP contribution in [0, 0.1) is 0 Å². The Kier molecular flexibility index (Phi) is 4.07. The zero-order valence-electron chi connectivity index (χ0n) is 8.20. The molecule has 0 aliphatic rings. The van der Waals surface area contributed by atoms with Crippen molar-refractivity contribution in [2.45, 2.75) is 43.3 Å². The fraction of sp³-hybridized carbons (Fsp3) is 1.00. The van der Waals surface area contributed by atoms with E-state index in [0.29, 0.717) is 6.92 Å². The van der Waals surface area contributed by atoms with Gasteiger partial charge in [-0.15, -0.1) is 0 Å². The van der Waals surface area contributed by atoms with E-state index in [2.05, 4.69) is 0 Å². The van der Waals surface area contributed by atoms with Crippen molar-refractivity contribution < 1.29 is 45.3 Å². The number of aliphatic hydroxyl groups is 2. The Morgan fingerprint density at radius 3 is 1.47 bits per heavy atom. The van der Waals surface area contributed by atoms with Crippen molar-refractivity contribution in [3.8, 4) is 0 Å². The van der Waals surface area contributed by atoms with E-state index in [0.717, 1.165) is 0 Å². The van der Waals surface area contributed by atoms with Gasteiger partial charge in [-0.1, -0.05) is 6.92 Å². The van der Waals surface area contributed by atoms with Crippen molar-refractivity contribution in [1.29, 1.82) is 0 Å². The number of alkyl halides is 8. The van der Waals surface area contributed by atoms with Gasteiger partial charge in [0.1, 0.15) is 0 Å². The second-order valence-electron chi connectivity index (χ2n) is 3.23. The Hall–Kier alpha value is -0.640. The van der Waals surface area contributed by atoms with Crippen LogP contribution in [-0.2, 0) is 0 Å². The van der Waals surface area contributed by atoms with Crippen molar-refractivity contribution in [1.82, 2.24) is 0 Å². The van der Waals surface area contributed by atoms with E-state index in [1.807, 2.05) is 0 Å². The summed E-state index contributed by atoms with van der Waals surface area (Å²) < 4.78 is 99.8. The molecule has 2 nitrogen and oxygen atoms in total. The zero-order valence-corrected chi connectivity index (χ0v) is 8.20. The highest BCUT2D eigenvalue weighted by Crippen LogP contribution is 2.52. The molecule has 0 aromatic rings. The first kappa shape index (κ1) is 16.4. The summed E-state index contributed by atoms with van der Waals surface area (Å²) in [5.41, 5.74) is 0. The maximum Gasteiger partial charge on any atom is 0.399 e. The molecule has 0 radical (unpaired) electrons. The van der Waals surface area contributed by atoms with Crippen molar-refractivity contribution in [3.05, 3.63) is 0 Å². The summed E-state index contributed by atoms with van der Waals surface area (Å²) in [6.45, 7) is 0.660. The second kappa shape index (κ2) is 4.23. The first-order valence-electron chi connectivity index (χ1n) is 4.14. The van der Waals surface area contributed by atoms with Gasteiger partial charge in [0.15, 0.2) is 6.17 Å². The first-order valence-corrected chi connectivity index (χ1v) is 4.14. The minimum atomic E-state index is -6.62. The van der Waals surface area contributed by atoms with Crippen molar-refractivity contribution >= 4 is 0 Å². The quantitative estimate of drug-likeness (QED) is 0.597. The third kappa shape index (κ3) is 2.32. The van der Waals surface area contributed by atoms with Gasteiger partial charge < -0.3 is 10.2 Å². The Balaban J connectivity index is 5.55. The fourth-order valence-corrected chi connectivity index (χ4v) is 0.862. The molecule has 2 N–H and O–H groups in total. The lowest BCUT2D eigenvalue weighted by atomic mass is 9.98. The molecule has 0 amide bonds. The number of hydrogen-bond acceptors (Lipinski definition) is 2. The molecule has 1 atom stereocenters. The average Bonchev–Trinajstić information content (AvgIpc) is 2.13. The van der Waals surface area contributed by atoms with Crippen LogP contribution in [0.5, 0.6) is 0 Å². The minimum absolute atomic E-state index is 0.660. The van der Waals surface area contributed by atoms with Gasteiger partial charge in [0.25, 0.3) is 0 Å². The van der Waals surface area contributed by atoms with Crippen LogP contribution in [0.4, 0.5) is 35.1 Å². The lowest BCUT2D eigenvalue weighted by molar-refractivity contribution is -0.444. The summed E-state index contributed by atoms with van der Waals surface area (Å²) in [6.07, 6.45) is -4.96. The molecule has 10 heteroatoms. The van der Waals surface area contributed by atoms with Crippen molar-refractivity contribution in [3.63, 3.8) is 0 Å². The van der Waals surface area contributed by atoms with Gasteiger partial charge in [0.2, 0.25) is 0 Å². The highest BCUT2D eigenvalue weighted by atomic mass is 19.4. The zero-order chi connectivity index (χ0) is 14.3. The summed E-state index contributed by atoms with van der Waals surface area (Å²) in [6, 6.07) is -5.91. The molecule has 0 fully saturated rings. The average molecular weight is 276 g/mol. The summed E-state index contributed by atoms with van der Waals surface area (Å²) in [4.78, 5) is 0. The van der Waals surface area contributed by atoms with E-state index in [-0.39, 0.29) is 0 Å². The van der Waals surface area contributed by atoms with E-state index >= 15 is 0 Å². The van der Waals surface area contributed by atoms with Crippen molar-refractivity contribution in [2.24, 2.45) is 0 Å². The Morgan fingerprint density at radius 1 is 0.882 bits per heavy atom. The van der Waals surface area contributed by atoms with Gasteiger partial charge >= 0.3 is 23.8 Å². The number of hydrogen-bond donors (Lipinski definition) is 2. The van der Waals surface area contributed by atoms with Crippen LogP contribution in [0.15, 0.2) is 0 Å². The molecule has 17 heavy (non-hydrogen) atoms. The topological polar surface area (TPSA) is 40.5 Å². The molecule has 0 saturated carbocycles. The maximum absolute atomic E-state index is 12.6. The van der Waals surface area contributed by atoms with E-state index in [4.69, 9.17) is 10.2 Å². The molecule has 0 saturated heterocycles. The van der Waals surface area contributed by atoms with E-state index in [9.17, 15) is 35.1 Å². The van der Waals surface area contributed by atoms with Gasteiger partial charge in [-0.25, -0.2) is 4.39 Å². The molecule has 0 spiro atoms. The van der Waals surface area contributed by atoms with Gasteiger partial charge in [-0.3, -0.25) is 0 Å². The maximum atomic E-state index is 12.6. The molecule has 0 heterocycles. The Labute approximate surface area is 89.8 Å². The number of halogens is 8. The molecule has 0 aromatic carbocycles. The van der Waals surface area contributed by atoms with Gasteiger partial charge in [-0.2, -0.15) is 30.7 Å². The third-order valence-electron chi connectivity index (χ3n) is 1.96. The summed E-state index contributed by atoms with van der Waals surface area (Å²) in [5, 5.41) is 15.4. The van der Waals surface area contributed by atoms with Crippen LogP contribution < -0.4 is 0 Å². The normalized spacial score (nSPS) is 17.1. The molecule has 0 rings (SSSR count). The van der Waals surface area contributed by atoms with Crippen LogP contribution in [0.25, 0.3) is 0 Å². The summed E-state index contributed by atoms with van der Waals surface area (Å²) >= 11 is 0. The molecule has 104 valence electrons. The lowest BCUT2D eigenvalue weighted by Crippen LogP contribution is -2.65. The van der Waals surface area contributed by atoms with E-state index in [1.165, 1.54) is 0 Å². The predicted molar refractivity (Wildman–Crippen MR) is 38.3 cm³/mol. The Bertz CT molecular complexity index is 272. The van der Waals surface area contributed by atoms with Gasteiger partial charge in [0.05, 0.1) is 0 Å². The molecule has 0 aliphatic carbocycles. The Morgan fingerprint density at radius 2 is 1.24 bits per heavy atom. The molecule has 1 unspecified atom stereocenters. The summed E-state index contributed by atoms with van der Waals surface area (Å²) in [5.74, 6) is -19.2. The van der Waals surface area contributed by atoms with Crippen LogP contribution in [0.2, 0.25) is 0 Å². The van der Waals surface area contributed by atoms with Crippen LogP contribution in [-0.4, -0.2) is 40.2 Å². The minimum Gasteiger partial charge on any atom is -0.335 e. The third-order valence-corrected chi connectivity index (χ3v) is 1.96. The van der Waals surface area contributed by atoms with Crippen LogP contribution in [0.1, 0.15) is 13.3 Å². The second-order valence-corrected chi connectivity index (χ2v) is 3.23. The van der Waals surface area contributed by atoms with Crippen molar-refractivity contribution in [2.75, 3.05) is 0 Å². The van der Waals surface area contributed by atoms with Crippen LogP contribution in [0.3, 0.4) is 0 Å². The monoisotopic (exact) mass is 276 g/mol. The molecule has 0 aliphatic heterocycles. The van der Waals surface area contributed by atoms with Gasteiger partial charge in [0, 0.05) is 0 Å². The highest BCUT2D eigenvalue weighted by Gasteiger charge is 2.81. The fourth-order valence-electron chi connectivity index (χ4n) is 0.862. The lowest BCUT2D eigenvalue weighted by Gasteiger charge is -2.36. The molecule has 0 bridgehead atoms. The van der Waals surface area contributed by atoms with E-state index < -0.39 is 36.4 Å².